The van der Waals surface area contributed by atoms with E-state index >= 15 is 0 Å². The molecule has 4 heteroatoms. The molecule has 1 aliphatic rings. The number of carbonyl (C=O) groups is 1. The van der Waals surface area contributed by atoms with Crippen LogP contribution >= 0.6 is 11.3 Å². The number of nitrogens with zero attached hydrogens (tertiary/aromatic N) is 1. The van der Waals surface area contributed by atoms with E-state index in [1.54, 1.807) is 0 Å². The van der Waals surface area contributed by atoms with Crippen molar-refractivity contribution in [2.24, 2.45) is 0 Å². The Hall–Kier alpha value is -0.870. The standard InChI is InChI=1S/C13H19NO2S/c1-3-11-5-4-6-14(11)8-10-7-12(13(15)16)17-9(10)2/h7,11H,3-6,8H2,1-2H3,(H,15,16). The van der Waals surface area contributed by atoms with Gasteiger partial charge in [-0.1, -0.05) is 6.92 Å². The van der Waals surface area contributed by atoms with Crippen molar-refractivity contribution in [2.45, 2.75) is 45.7 Å². The van der Waals surface area contributed by atoms with Gasteiger partial charge in [-0.3, -0.25) is 4.90 Å². The summed E-state index contributed by atoms with van der Waals surface area (Å²) in [6.07, 6.45) is 3.74. The van der Waals surface area contributed by atoms with E-state index in [2.05, 4.69) is 11.8 Å². The third-order valence-corrected chi connectivity index (χ3v) is 4.66. The SMILES string of the molecule is CCC1CCCN1Cc1cc(C(=O)O)sc1C. The molecule has 0 aromatic carbocycles. The molecule has 0 radical (unpaired) electrons. The molecular formula is C13H19NO2S. The van der Waals surface area contributed by atoms with Gasteiger partial charge in [0.2, 0.25) is 0 Å². The molecule has 1 fully saturated rings. The average molecular weight is 253 g/mol. The lowest BCUT2D eigenvalue weighted by molar-refractivity contribution is 0.0702. The van der Waals surface area contributed by atoms with E-state index < -0.39 is 5.97 Å². The summed E-state index contributed by atoms with van der Waals surface area (Å²) in [5.74, 6) is -0.808. The molecule has 0 bridgehead atoms. The van der Waals surface area contributed by atoms with Crippen LogP contribution in [0.2, 0.25) is 0 Å². The molecule has 3 nitrogen and oxygen atoms in total. The molecule has 1 atom stereocenters. The largest absolute Gasteiger partial charge is 0.477 e. The van der Waals surface area contributed by atoms with Gasteiger partial charge in [0.05, 0.1) is 0 Å². The molecule has 0 aliphatic carbocycles. The molecule has 94 valence electrons. The number of hydrogen-bond acceptors (Lipinski definition) is 3. The van der Waals surface area contributed by atoms with Crippen molar-refractivity contribution in [1.29, 1.82) is 0 Å². The van der Waals surface area contributed by atoms with Gasteiger partial charge in [-0.15, -0.1) is 11.3 Å². The molecule has 0 saturated carbocycles. The van der Waals surface area contributed by atoms with Gasteiger partial charge >= 0.3 is 5.97 Å². The fourth-order valence-corrected chi connectivity index (χ4v) is 3.44. The topological polar surface area (TPSA) is 40.5 Å². The molecule has 17 heavy (non-hydrogen) atoms. The quantitative estimate of drug-likeness (QED) is 0.896. The van der Waals surface area contributed by atoms with Crippen LogP contribution in [0.3, 0.4) is 0 Å². The molecule has 1 N–H and O–H groups in total. The van der Waals surface area contributed by atoms with E-state index in [4.69, 9.17) is 5.11 Å². The second-order valence-electron chi connectivity index (χ2n) is 4.67. The maximum atomic E-state index is 10.9. The Morgan fingerprint density at radius 2 is 2.41 bits per heavy atom. The first-order chi connectivity index (χ1) is 8.11. The molecule has 1 saturated heterocycles. The Bertz CT molecular complexity index is 414. The van der Waals surface area contributed by atoms with Crippen LogP contribution in [-0.4, -0.2) is 28.6 Å². The van der Waals surface area contributed by atoms with Crippen LogP contribution in [0.4, 0.5) is 0 Å². The number of thiophene rings is 1. The first kappa shape index (κ1) is 12.6. The summed E-state index contributed by atoms with van der Waals surface area (Å²) >= 11 is 1.39. The Morgan fingerprint density at radius 1 is 1.65 bits per heavy atom. The van der Waals surface area contributed by atoms with E-state index in [9.17, 15) is 4.79 Å². The van der Waals surface area contributed by atoms with Crippen LogP contribution in [0.15, 0.2) is 6.07 Å². The smallest absolute Gasteiger partial charge is 0.345 e. The van der Waals surface area contributed by atoms with E-state index in [0.717, 1.165) is 18.0 Å². The van der Waals surface area contributed by atoms with Gasteiger partial charge in [0, 0.05) is 17.5 Å². The molecule has 2 heterocycles. The summed E-state index contributed by atoms with van der Waals surface area (Å²) in [6, 6.07) is 2.52. The third kappa shape index (κ3) is 2.69. The average Bonchev–Trinajstić information content (AvgIpc) is 2.87. The minimum Gasteiger partial charge on any atom is -0.477 e. The van der Waals surface area contributed by atoms with E-state index in [-0.39, 0.29) is 0 Å². The van der Waals surface area contributed by atoms with Crippen molar-refractivity contribution in [3.8, 4) is 0 Å². The minimum atomic E-state index is -0.808. The van der Waals surface area contributed by atoms with Gasteiger partial charge in [-0.2, -0.15) is 0 Å². The van der Waals surface area contributed by atoms with E-state index in [1.165, 1.54) is 36.2 Å². The zero-order valence-corrected chi connectivity index (χ0v) is 11.2. The van der Waals surface area contributed by atoms with Crippen LogP contribution in [0, 0.1) is 6.92 Å². The van der Waals surface area contributed by atoms with Crippen LogP contribution in [0.25, 0.3) is 0 Å². The first-order valence-corrected chi connectivity index (χ1v) is 7.00. The summed E-state index contributed by atoms with van der Waals surface area (Å²) < 4.78 is 0. The maximum absolute atomic E-state index is 10.9. The zero-order chi connectivity index (χ0) is 12.4. The Kier molecular flexibility index (Phi) is 3.84. The maximum Gasteiger partial charge on any atom is 0.345 e. The van der Waals surface area contributed by atoms with Crippen molar-refractivity contribution in [1.82, 2.24) is 4.90 Å². The van der Waals surface area contributed by atoms with E-state index in [0.29, 0.717) is 10.9 Å². The van der Waals surface area contributed by atoms with Crippen LogP contribution in [-0.2, 0) is 6.54 Å². The predicted octanol–water partition coefficient (Wildman–Crippen LogP) is 3.13. The first-order valence-electron chi connectivity index (χ1n) is 6.18. The molecule has 1 aromatic rings. The van der Waals surface area contributed by atoms with Crippen LogP contribution in [0.5, 0.6) is 0 Å². The summed E-state index contributed by atoms with van der Waals surface area (Å²) in [5, 5.41) is 8.98. The van der Waals surface area contributed by atoms with Crippen LogP contribution < -0.4 is 0 Å². The number of carboxylic acids is 1. The highest BCUT2D eigenvalue weighted by atomic mass is 32.1. The second-order valence-corrected chi connectivity index (χ2v) is 5.93. The Labute approximate surface area is 106 Å². The summed E-state index contributed by atoms with van der Waals surface area (Å²) in [4.78, 5) is 15.0. The lowest BCUT2D eigenvalue weighted by Gasteiger charge is -2.23. The van der Waals surface area contributed by atoms with Crippen molar-refractivity contribution in [3.63, 3.8) is 0 Å². The summed E-state index contributed by atoms with van der Waals surface area (Å²) in [5.41, 5.74) is 1.19. The Balaban J connectivity index is 2.10. The molecule has 0 spiro atoms. The number of rotatable bonds is 4. The Morgan fingerprint density at radius 3 is 3.00 bits per heavy atom. The number of likely N-dealkylation sites (tertiary alicyclic amines) is 1. The fraction of sp³-hybridized carbons (Fsp3) is 0.615. The second kappa shape index (κ2) is 5.19. The molecule has 1 unspecified atom stereocenters. The van der Waals surface area contributed by atoms with Gasteiger partial charge < -0.3 is 5.11 Å². The lowest BCUT2D eigenvalue weighted by Crippen LogP contribution is -2.28. The fourth-order valence-electron chi connectivity index (χ4n) is 2.57. The van der Waals surface area contributed by atoms with Gasteiger partial charge in [0.15, 0.2) is 0 Å². The van der Waals surface area contributed by atoms with Gasteiger partial charge in [-0.05, 0) is 44.4 Å². The number of hydrogen-bond donors (Lipinski definition) is 1. The highest BCUT2D eigenvalue weighted by Crippen LogP contribution is 2.27. The highest BCUT2D eigenvalue weighted by Gasteiger charge is 2.24. The van der Waals surface area contributed by atoms with Gasteiger partial charge in [-0.25, -0.2) is 4.79 Å². The summed E-state index contributed by atoms with van der Waals surface area (Å²) in [7, 11) is 0. The van der Waals surface area contributed by atoms with Crippen LogP contribution in [0.1, 0.15) is 46.3 Å². The predicted molar refractivity (Wildman–Crippen MR) is 69.7 cm³/mol. The van der Waals surface area contributed by atoms with Gasteiger partial charge in [0.1, 0.15) is 4.88 Å². The van der Waals surface area contributed by atoms with E-state index in [1.807, 2.05) is 13.0 Å². The van der Waals surface area contributed by atoms with Crippen molar-refractivity contribution in [3.05, 3.63) is 21.4 Å². The highest BCUT2D eigenvalue weighted by molar-refractivity contribution is 7.14. The normalized spacial score (nSPS) is 20.9. The monoisotopic (exact) mass is 253 g/mol. The lowest BCUT2D eigenvalue weighted by atomic mass is 10.1. The summed E-state index contributed by atoms with van der Waals surface area (Å²) in [6.45, 7) is 6.31. The zero-order valence-electron chi connectivity index (χ0n) is 10.4. The van der Waals surface area contributed by atoms with Crippen molar-refractivity contribution in [2.75, 3.05) is 6.54 Å². The number of aromatic carboxylic acids is 1. The molecule has 1 aliphatic heterocycles. The minimum absolute atomic E-state index is 0.463. The van der Waals surface area contributed by atoms with Crippen molar-refractivity contribution < 1.29 is 9.90 Å². The number of aryl methyl sites for hydroxylation is 1. The molecule has 0 amide bonds. The molecule has 2 rings (SSSR count). The van der Waals surface area contributed by atoms with Gasteiger partial charge in [0.25, 0.3) is 0 Å². The number of carboxylic acid groups (broad SMARTS) is 1. The molecular weight excluding hydrogens is 234 g/mol. The third-order valence-electron chi connectivity index (χ3n) is 3.58. The van der Waals surface area contributed by atoms with Crippen molar-refractivity contribution >= 4 is 17.3 Å². The molecule has 1 aromatic heterocycles.